The van der Waals surface area contributed by atoms with Crippen LogP contribution in [0.1, 0.15) is 39.0 Å². The van der Waals surface area contributed by atoms with Crippen molar-refractivity contribution in [3.8, 4) is 5.88 Å². The van der Waals surface area contributed by atoms with Crippen LogP contribution in [0.3, 0.4) is 0 Å². The summed E-state index contributed by atoms with van der Waals surface area (Å²) in [5.41, 5.74) is -0.239. The van der Waals surface area contributed by atoms with Crippen LogP contribution in [0.4, 0.5) is 10.6 Å². The Labute approximate surface area is 207 Å². The highest BCUT2D eigenvalue weighted by molar-refractivity contribution is 7.89. The molecule has 35 heavy (non-hydrogen) atoms. The lowest BCUT2D eigenvalue weighted by Crippen LogP contribution is -2.49. The van der Waals surface area contributed by atoms with E-state index >= 15 is 0 Å². The summed E-state index contributed by atoms with van der Waals surface area (Å²) in [7, 11) is -1.69. The third-order valence-electron chi connectivity index (χ3n) is 6.95. The summed E-state index contributed by atoms with van der Waals surface area (Å²) in [6, 6.07) is 0. The van der Waals surface area contributed by atoms with Gasteiger partial charge >= 0.3 is 6.09 Å². The largest absolute Gasteiger partial charge is 0.476 e. The molecule has 4 rings (SSSR count). The normalized spacial score (nSPS) is 21.1. The second-order valence-electron chi connectivity index (χ2n) is 9.82. The molecule has 1 saturated carbocycles. The van der Waals surface area contributed by atoms with Crippen LogP contribution in [-0.4, -0.2) is 105 Å². The molecule has 0 atom stereocenters. The van der Waals surface area contributed by atoms with E-state index in [0.29, 0.717) is 76.5 Å². The number of nitrogens with zero attached hydrogens (tertiary/aromatic N) is 5. The number of carbonyl (C=O) groups excluding carboxylic acids is 1. The van der Waals surface area contributed by atoms with Crippen LogP contribution in [0.2, 0.25) is 0 Å². The zero-order valence-corrected chi connectivity index (χ0v) is 21.5. The van der Waals surface area contributed by atoms with Gasteiger partial charge in [-0.1, -0.05) is 0 Å². The molecule has 1 aromatic heterocycles. The van der Waals surface area contributed by atoms with E-state index in [2.05, 4.69) is 9.97 Å². The molecule has 3 fully saturated rings. The minimum Gasteiger partial charge on any atom is -0.476 e. The molecule has 1 amide bonds. The molecule has 196 valence electrons. The Bertz CT molecular complexity index is 940. The molecule has 0 N–H and O–H groups in total. The number of anilines is 1. The first-order valence-corrected chi connectivity index (χ1v) is 14.0. The van der Waals surface area contributed by atoms with Gasteiger partial charge in [0, 0.05) is 53.0 Å². The summed E-state index contributed by atoms with van der Waals surface area (Å²) >= 11 is 0. The lowest BCUT2D eigenvalue weighted by Gasteiger charge is -2.34. The highest BCUT2D eigenvalue weighted by atomic mass is 32.2. The number of hydrogen-bond acceptors (Lipinski definition) is 9. The van der Waals surface area contributed by atoms with Gasteiger partial charge in [0.15, 0.2) is 0 Å². The highest BCUT2D eigenvalue weighted by Gasteiger charge is 2.43. The zero-order valence-electron chi connectivity index (χ0n) is 20.7. The topological polar surface area (TPSA) is 114 Å². The Morgan fingerprint density at radius 3 is 2.40 bits per heavy atom. The number of methoxy groups -OCH3 is 1. The van der Waals surface area contributed by atoms with Crippen molar-refractivity contribution in [3.63, 3.8) is 0 Å². The van der Waals surface area contributed by atoms with Crippen LogP contribution in [0.5, 0.6) is 5.88 Å². The van der Waals surface area contributed by atoms with Gasteiger partial charge in [0.2, 0.25) is 15.9 Å². The van der Waals surface area contributed by atoms with Crippen LogP contribution in [0.15, 0.2) is 12.4 Å². The third-order valence-corrected chi connectivity index (χ3v) is 8.91. The fraction of sp³-hybridized carbons (Fsp3) is 0.783. The number of piperidine rings is 1. The second-order valence-corrected chi connectivity index (χ2v) is 11.9. The van der Waals surface area contributed by atoms with E-state index in [1.54, 1.807) is 28.7 Å². The molecular formula is C23H37N5O6S. The van der Waals surface area contributed by atoms with Crippen molar-refractivity contribution >= 4 is 21.9 Å². The van der Waals surface area contributed by atoms with E-state index in [1.807, 2.05) is 11.8 Å². The standard InChI is InChI=1S/C23H37N5O6S/c1-23(6-7-23)34-22(29)27-8-4-19(5-9-27)18-33-21-17-24-20(16-25-21)26-10-12-28(13-11-26)35(30,31)15-3-14-32-2/h16-17,19H,3-15,18H2,1-2H3. The van der Waals surface area contributed by atoms with E-state index < -0.39 is 10.0 Å². The van der Waals surface area contributed by atoms with Gasteiger partial charge in [0.05, 0.1) is 24.8 Å². The molecule has 2 saturated heterocycles. The molecule has 0 unspecified atom stereocenters. The van der Waals surface area contributed by atoms with Gasteiger partial charge in [-0.3, -0.25) is 0 Å². The first-order chi connectivity index (χ1) is 16.8. The zero-order chi connectivity index (χ0) is 24.9. The highest BCUT2D eigenvalue weighted by Crippen LogP contribution is 2.39. The number of piperazine rings is 1. The summed E-state index contributed by atoms with van der Waals surface area (Å²) in [5.74, 6) is 1.65. The maximum absolute atomic E-state index is 12.4. The maximum Gasteiger partial charge on any atom is 0.410 e. The maximum atomic E-state index is 12.4. The fourth-order valence-corrected chi connectivity index (χ4v) is 5.76. The summed E-state index contributed by atoms with van der Waals surface area (Å²) in [5, 5.41) is 0. The molecule has 3 aliphatic rings. The summed E-state index contributed by atoms with van der Waals surface area (Å²) < 4.78 is 42.8. The van der Waals surface area contributed by atoms with Crippen molar-refractivity contribution in [1.29, 1.82) is 0 Å². The number of likely N-dealkylation sites (tertiary alicyclic amines) is 1. The minimum atomic E-state index is -3.26. The summed E-state index contributed by atoms with van der Waals surface area (Å²) in [6.07, 6.45) is 7.24. The van der Waals surface area contributed by atoms with Gasteiger partial charge in [-0.05, 0) is 44.9 Å². The number of aromatic nitrogens is 2. The van der Waals surface area contributed by atoms with Crippen molar-refractivity contribution < 1.29 is 27.4 Å². The SMILES string of the molecule is COCCCS(=O)(=O)N1CCN(c2cnc(OCC3CCN(C(=O)OC4(C)CC4)CC3)cn2)CC1. The smallest absolute Gasteiger partial charge is 0.410 e. The van der Waals surface area contributed by atoms with E-state index in [1.165, 1.54) is 0 Å². The molecule has 0 aromatic carbocycles. The second kappa shape index (κ2) is 11.3. The molecule has 3 heterocycles. The van der Waals surface area contributed by atoms with E-state index in [9.17, 15) is 13.2 Å². The van der Waals surface area contributed by atoms with Crippen molar-refractivity contribution in [2.24, 2.45) is 5.92 Å². The van der Waals surface area contributed by atoms with E-state index in [-0.39, 0.29) is 17.4 Å². The van der Waals surface area contributed by atoms with Gasteiger partial charge in [0.25, 0.3) is 0 Å². The van der Waals surface area contributed by atoms with Gasteiger partial charge in [0.1, 0.15) is 11.4 Å². The lowest BCUT2D eigenvalue weighted by molar-refractivity contribution is 0.0454. The van der Waals surface area contributed by atoms with Crippen molar-refractivity contribution in [1.82, 2.24) is 19.2 Å². The Morgan fingerprint density at radius 2 is 1.80 bits per heavy atom. The van der Waals surface area contributed by atoms with Crippen LogP contribution < -0.4 is 9.64 Å². The molecular weight excluding hydrogens is 474 g/mol. The number of ether oxygens (including phenoxy) is 3. The number of sulfonamides is 1. The monoisotopic (exact) mass is 511 g/mol. The average molecular weight is 512 g/mol. The van der Waals surface area contributed by atoms with E-state index in [4.69, 9.17) is 14.2 Å². The van der Waals surface area contributed by atoms with Gasteiger partial charge in [-0.2, -0.15) is 4.31 Å². The summed E-state index contributed by atoms with van der Waals surface area (Å²) in [4.78, 5) is 24.9. The lowest BCUT2D eigenvalue weighted by atomic mass is 9.98. The van der Waals surface area contributed by atoms with Crippen molar-refractivity contribution in [3.05, 3.63) is 12.4 Å². The predicted octanol–water partition coefficient (Wildman–Crippen LogP) is 1.74. The number of carbonyl (C=O) groups is 1. The first-order valence-electron chi connectivity index (χ1n) is 12.4. The fourth-order valence-electron chi connectivity index (χ4n) is 4.30. The number of amides is 1. The van der Waals surface area contributed by atoms with Crippen molar-refractivity contribution in [2.45, 2.75) is 44.6 Å². The Kier molecular flexibility index (Phi) is 8.33. The van der Waals surface area contributed by atoms with Crippen LogP contribution >= 0.6 is 0 Å². The minimum absolute atomic E-state index is 0.106. The van der Waals surface area contributed by atoms with Gasteiger partial charge in [-0.25, -0.2) is 23.2 Å². The Hall–Kier alpha value is -2.18. The average Bonchev–Trinajstić information content (AvgIpc) is 3.60. The number of hydrogen-bond donors (Lipinski definition) is 0. The quantitative estimate of drug-likeness (QED) is 0.433. The molecule has 0 radical (unpaired) electrons. The molecule has 12 heteroatoms. The van der Waals surface area contributed by atoms with Gasteiger partial charge in [-0.15, -0.1) is 0 Å². The molecule has 1 aliphatic carbocycles. The Balaban J connectivity index is 1.16. The molecule has 0 bridgehead atoms. The first kappa shape index (κ1) is 25.9. The third kappa shape index (κ3) is 7.17. The van der Waals surface area contributed by atoms with Crippen LogP contribution in [0.25, 0.3) is 0 Å². The molecule has 0 spiro atoms. The van der Waals surface area contributed by atoms with Crippen LogP contribution in [0, 0.1) is 5.92 Å². The van der Waals surface area contributed by atoms with Gasteiger partial charge < -0.3 is 24.0 Å². The molecule has 1 aromatic rings. The number of rotatable bonds is 10. The molecule has 2 aliphatic heterocycles. The molecule has 11 nitrogen and oxygen atoms in total. The van der Waals surface area contributed by atoms with Crippen LogP contribution in [-0.2, 0) is 19.5 Å². The Morgan fingerprint density at radius 1 is 1.09 bits per heavy atom. The summed E-state index contributed by atoms with van der Waals surface area (Å²) in [6.45, 7) is 6.32. The predicted molar refractivity (Wildman–Crippen MR) is 130 cm³/mol. The van der Waals surface area contributed by atoms with Crippen molar-refractivity contribution in [2.75, 3.05) is 70.2 Å². The van der Waals surface area contributed by atoms with E-state index in [0.717, 1.165) is 25.7 Å².